The van der Waals surface area contributed by atoms with E-state index in [9.17, 15) is 10.0 Å². The zero-order valence-corrected chi connectivity index (χ0v) is 17.7. The highest BCUT2D eigenvalue weighted by atomic mass is 32.2. The number of amides is 1. The molecule has 5 nitrogen and oxygen atoms in total. The van der Waals surface area contributed by atoms with Crippen LogP contribution in [0.1, 0.15) is 31.9 Å². The number of nitrogens with one attached hydrogen (secondary N) is 1. The van der Waals surface area contributed by atoms with E-state index in [4.69, 9.17) is 0 Å². The molecule has 1 unspecified atom stereocenters. The number of carbonyl (C=O) groups excluding carboxylic acids is 1. The number of fused-ring (bicyclic) bond motifs is 1. The molecule has 3 rings (SSSR count). The summed E-state index contributed by atoms with van der Waals surface area (Å²) < 4.78 is 0.796. The smallest absolute Gasteiger partial charge is 0.251 e. The normalized spacial score (nSPS) is 15.7. The van der Waals surface area contributed by atoms with Gasteiger partial charge in [-0.1, -0.05) is 45.0 Å². The highest BCUT2D eigenvalue weighted by Crippen LogP contribution is 2.24. The number of pyridine rings is 1. The zero-order valence-electron chi connectivity index (χ0n) is 16.9. The monoisotopic (exact) mass is 399 g/mol. The molecule has 0 aliphatic carbocycles. The third-order valence-electron chi connectivity index (χ3n) is 5.17. The Kier molecular flexibility index (Phi) is 6.62. The second-order valence-electron chi connectivity index (χ2n) is 8.39. The van der Waals surface area contributed by atoms with Crippen LogP contribution >= 0.6 is 11.8 Å². The molecule has 0 spiro atoms. The molecular formula is C22H29N3O2S. The molecule has 0 saturated heterocycles. The van der Waals surface area contributed by atoms with Crippen LogP contribution in [0.3, 0.4) is 0 Å². The van der Waals surface area contributed by atoms with Crippen LogP contribution in [-0.4, -0.2) is 35.7 Å². The number of benzene rings is 1. The summed E-state index contributed by atoms with van der Waals surface area (Å²) in [6.07, 6.45) is 2.50. The molecule has 1 aliphatic heterocycles. The van der Waals surface area contributed by atoms with Gasteiger partial charge in [0.15, 0.2) is 6.20 Å². The van der Waals surface area contributed by atoms with Gasteiger partial charge < -0.3 is 10.5 Å². The van der Waals surface area contributed by atoms with E-state index in [0.29, 0.717) is 5.03 Å². The molecule has 1 N–H and O–H groups in total. The van der Waals surface area contributed by atoms with Gasteiger partial charge in [0.25, 0.3) is 5.03 Å². The van der Waals surface area contributed by atoms with E-state index < -0.39 is 0 Å². The third kappa shape index (κ3) is 5.49. The van der Waals surface area contributed by atoms with Crippen LogP contribution in [0.25, 0.3) is 0 Å². The molecule has 1 atom stereocenters. The second-order valence-corrected chi connectivity index (χ2v) is 9.39. The van der Waals surface area contributed by atoms with Gasteiger partial charge in [-0.15, -0.1) is 0 Å². The largest absolute Gasteiger partial charge is 0.618 e. The number of nitrogens with zero attached hydrogens (tertiary/aromatic N) is 2. The fourth-order valence-corrected chi connectivity index (χ4v) is 4.13. The van der Waals surface area contributed by atoms with Gasteiger partial charge in [-0.05, 0) is 40.8 Å². The predicted octanol–water partition coefficient (Wildman–Crippen LogP) is 3.00. The van der Waals surface area contributed by atoms with Gasteiger partial charge in [0.1, 0.15) is 0 Å². The minimum absolute atomic E-state index is 0.0359. The van der Waals surface area contributed by atoms with Gasteiger partial charge in [0.05, 0.1) is 5.75 Å². The van der Waals surface area contributed by atoms with Crippen molar-refractivity contribution in [1.29, 1.82) is 0 Å². The molecule has 28 heavy (non-hydrogen) atoms. The Morgan fingerprint density at radius 2 is 1.93 bits per heavy atom. The van der Waals surface area contributed by atoms with E-state index >= 15 is 0 Å². The van der Waals surface area contributed by atoms with Gasteiger partial charge >= 0.3 is 0 Å². The van der Waals surface area contributed by atoms with Crippen molar-refractivity contribution >= 4 is 17.7 Å². The molecule has 1 aromatic carbocycles. The van der Waals surface area contributed by atoms with Gasteiger partial charge in [0.2, 0.25) is 5.91 Å². The van der Waals surface area contributed by atoms with E-state index in [2.05, 4.69) is 55.3 Å². The average molecular weight is 400 g/mol. The van der Waals surface area contributed by atoms with Crippen molar-refractivity contribution in [2.24, 2.45) is 5.41 Å². The predicted molar refractivity (Wildman–Crippen MR) is 113 cm³/mol. The number of hydrogen-bond acceptors (Lipinski definition) is 4. The highest BCUT2D eigenvalue weighted by Gasteiger charge is 2.29. The first kappa shape index (κ1) is 20.7. The van der Waals surface area contributed by atoms with E-state index in [1.54, 1.807) is 18.2 Å². The molecule has 1 aromatic heterocycles. The standard InChI is InChI=1S/C22H29N3O2S/c1-22(2,3)19(15-24-13-11-17-8-4-5-9-18(17)14-24)23-20(26)16-28-21-10-6-7-12-25(21)27/h4-10,12,19H,11,13-16H2,1-3H3,(H,23,26). The lowest BCUT2D eigenvalue weighted by Crippen LogP contribution is -2.52. The Balaban J connectivity index is 1.58. The van der Waals surface area contributed by atoms with Crippen molar-refractivity contribution in [2.45, 2.75) is 44.8 Å². The van der Waals surface area contributed by atoms with Crippen molar-refractivity contribution in [2.75, 3.05) is 18.8 Å². The van der Waals surface area contributed by atoms with Crippen LogP contribution in [0.15, 0.2) is 53.7 Å². The molecule has 0 bridgehead atoms. The summed E-state index contributed by atoms with van der Waals surface area (Å²) in [7, 11) is 0. The molecular weight excluding hydrogens is 370 g/mol. The quantitative estimate of drug-likeness (QED) is 0.461. The van der Waals surface area contributed by atoms with E-state index in [1.807, 2.05) is 0 Å². The van der Waals surface area contributed by atoms with Crippen LogP contribution < -0.4 is 10.0 Å². The van der Waals surface area contributed by atoms with Crippen LogP contribution in [-0.2, 0) is 17.8 Å². The SMILES string of the molecule is CC(C)(C)C(CN1CCc2ccccc2C1)NC(=O)CSc1cccc[n+]1[O-]. The van der Waals surface area contributed by atoms with Crippen molar-refractivity contribution in [3.63, 3.8) is 0 Å². The Bertz CT molecular complexity index is 819. The number of rotatable bonds is 6. The minimum atomic E-state index is -0.0531. The first-order chi connectivity index (χ1) is 13.3. The Hall–Kier alpha value is -2.05. The maximum Gasteiger partial charge on any atom is 0.251 e. The van der Waals surface area contributed by atoms with Crippen LogP contribution in [0, 0.1) is 10.6 Å². The molecule has 0 radical (unpaired) electrons. The zero-order chi connectivity index (χ0) is 20.1. The lowest BCUT2D eigenvalue weighted by atomic mass is 9.85. The lowest BCUT2D eigenvalue weighted by molar-refractivity contribution is -0.645. The van der Waals surface area contributed by atoms with Crippen molar-refractivity contribution in [3.8, 4) is 0 Å². The Labute approximate surface area is 171 Å². The first-order valence-electron chi connectivity index (χ1n) is 9.72. The van der Waals surface area contributed by atoms with E-state index in [0.717, 1.165) is 30.8 Å². The van der Waals surface area contributed by atoms with Crippen LogP contribution in [0.2, 0.25) is 0 Å². The van der Waals surface area contributed by atoms with E-state index in [1.165, 1.54) is 29.1 Å². The minimum Gasteiger partial charge on any atom is -0.618 e. The fourth-order valence-electron chi connectivity index (χ4n) is 3.40. The van der Waals surface area contributed by atoms with Crippen LogP contribution in [0.5, 0.6) is 0 Å². The van der Waals surface area contributed by atoms with E-state index in [-0.39, 0.29) is 23.1 Å². The highest BCUT2D eigenvalue weighted by molar-refractivity contribution is 7.99. The third-order valence-corrected chi connectivity index (χ3v) is 6.19. The maximum absolute atomic E-state index is 12.6. The number of thioether (sulfide) groups is 1. The summed E-state index contributed by atoms with van der Waals surface area (Å²) in [5, 5.41) is 15.5. The number of hydrogen-bond donors (Lipinski definition) is 1. The summed E-state index contributed by atoms with van der Waals surface area (Å²) in [6.45, 7) is 9.23. The molecule has 0 saturated carbocycles. The number of aromatic nitrogens is 1. The maximum atomic E-state index is 12.6. The average Bonchev–Trinajstić information content (AvgIpc) is 2.66. The second kappa shape index (κ2) is 8.97. The summed E-state index contributed by atoms with van der Waals surface area (Å²) in [4.78, 5) is 15.0. The lowest BCUT2D eigenvalue weighted by Gasteiger charge is -2.38. The van der Waals surface area contributed by atoms with Gasteiger partial charge in [-0.25, -0.2) is 0 Å². The summed E-state index contributed by atoms with van der Waals surface area (Å²) >= 11 is 1.27. The molecule has 150 valence electrons. The Morgan fingerprint density at radius 3 is 2.64 bits per heavy atom. The summed E-state index contributed by atoms with van der Waals surface area (Å²) in [5.41, 5.74) is 2.76. The van der Waals surface area contributed by atoms with Gasteiger partial charge in [-0.3, -0.25) is 9.69 Å². The molecule has 1 amide bonds. The van der Waals surface area contributed by atoms with Crippen molar-refractivity contribution < 1.29 is 9.52 Å². The first-order valence-corrected chi connectivity index (χ1v) is 10.7. The summed E-state index contributed by atoms with van der Waals surface area (Å²) in [6, 6.07) is 13.9. The molecule has 0 fully saturated rings. The molecule has 2 heterocycles. The molecule has 6 heteroatoms. The van der Waals surface area contributed by atoms with Crippen molar-refractivity contribution in [3.05, 3.63) is 65.0 Å². The van der Waals surface area contributed by atoms with Gasteiger partial charge in [-0.2, -0.15) is 4.73 Å². The number of carbonyl (C=O) groups is 1. The fraction of sp³-hybridized carbons (Fsp3) is 0.455. The molecule has 2 aromatic rings. The molecule has 1 aliphatic rings. The Morgan fingerprint density at radius 1 is 1.21 bits per heavy atom. The topological polar surface area (TPSA) is 59.3 Å². The summed E-state index contributed by atoms with van der Waals surface area (Å²) in [5.74, 6) is 0.202. The van der Waals surface area contributed by atoms with Gasteiger partial charge in [0, 0.05) is 37.8 Å². The van der Waals surface area contributed by atoms with Crippen LogP contribution in [0.4, 0.5) is 0 Å². The van der Waals surface area contributed by atoms with Crippen molar-refractivity contribution in [1.82, 2.24) is 10.2 Å².